The minimum absolute atomic E-state index is 0.217. The number of rotatable bonds is 5. The molecule has 2 rings (SSSR count). The average Bonchev–Trinajstić information content (AvgIpc) is 2.55. The maximum Gasteiger partial charge on any atom is 0.319 e. The van der Waals surface area contributed by atoms with Gasteiger partial charge in [-0.3, -0.25) is 4.79 Å². The molecular formula is C18H20FN3O3. The molecule has 0 spiro atoms. The van der Waals surface area contributed by atoms with E-state index in [4.69, 9.17) is 4.74 Å². The Morgan fingerprint density at radius 1 is 1.08 bits per heavy atom. The molecule has 0 aliphatic heterocycles. The molecule has 3 N–H and O–H groups in total. The Bertz CT molecular complexity index is 763. The maximum absolute atomic E-state index is 13.0. The van der Waals surface area contributed by atoms with Gasteiger partial charge in [0.05, 0.1) is 18.8 Å². The van der Waals surface area contributed by atoms with Crippen LogP contribution < -0.4 is 20.7 Å². The van der Waals surface area contributed by atoms with Crippen molar-refractivity contribution in [2.24, 2.45) is 0 Å². The number of carbonyl (C=O) groups excluding carboxylic acids is 2. The van der Waals surface area contributed by atoms with Crippen molar-refractivity contribution in [3.8, 4) is 5.75 Å². The molecule has 1 unspecified atom stereocenters. The summed E-state index contributed by atoms with van der Waals surface area (Å²) in [6.07, 6.45) is 0. The molecular weight excluding hydrogens is 325 g/mol. The van der Waals surface area contributed by atoms with Crippen LogP contribution in [0.15, 0.2) is 42.5 Å². The summed E-state index contributed by atoms with van der Waals surface area (Å²) in [4.78, 5) is 23.4. The number of hydrogen-bond donors (Lipinski definition) is 3. The molecule has 0 aliphatic rings. The van der Waals surface area contributed by atoms with E-state index in [1.807, 2.05) is 0 Å². The van der Waals surface area contributed by atoms with Crippen LogP contribution in [0.1, 0.15) is 25.5 Å². The second-order valence-corrected chi connectivity index (χ2v) is 5.47. The van der Waals surface area contributed by atoms with Gasteiger partial charge in [-0.1, -0.05) is 12.1 Å². The molecule has 0 bridgehead atoms. The Labute approximate surface area is 145 Å². The molecule has 0 radical (unpaired) electrons. The standard InChI is InChI=1S/C18H20FN3O3/c1-11(13-4-6-14(19)7-5-13)20-18(24)22-16-10-15(21-12(2)23)8-9-17(16)25-3/h4-11H,1-3H3,(H,21,23)(H2,20,22,24). The lowest BCUT2D eigenvalue weighted by Crippen LogP contribution is -2.31. The van der Waals surface area contributed by atoms with Gasteiger partial charge in [-0.25, -0.2) is 9.18 Å². The lowest BCUT2D eigenvalue weighted by molar-refractivity contribution is -0.114. The van der Waals surface area contributed by atoms with E-state index in [9.17, 15) is 14.0 Å². The minimum atomic E-state index is -0.449. The third-order valence-electron chi connectivity index (χ3n) is 3.49. The molecule has 2 aromatic carbocycles. The molecule has 0 saturated heterocycles. The van der Waals surface area contributed by atoms with E-state index in [0.717, 1.165) is 5.56 Å². The number of hydrogen-bond acceptors (Lipinski definition) is 3. The SMILES string of the molecule is COc1ccc(NC(C)=O)cc1NC(=O)NC(C)c1ccc(F)cc1. The number of nitrogens with one attached hydrogen (secondary N) is 3. The van der Waals surface area contributed by atoms with E-state index in [1.54, 1.807) is 37.3 Å². The highest BCUT2D eigenvalue weighted by Crippen LogP contribution is 2.28. The topological polar surface area (TPSA) is 79.5 Å². The fraction of sp³-hybridized carbons (Fsp3) is 0.222. The van der Waals surface area contributed by atoms with Crippen molar-refractivity contribution in [1.82, 2.24) is 5.32 Å². The Kier molecular flexibility index (Phi) is 5.94. The highest BCUT2D eigenvalue weighted by atomic mass is 19.1. The van der Waals surface area contributed by atoms with Crippen molar-refractivity contribution in [2.75, 3.05) is 17.7 Å². The van der Waals surface area contributed by atoms with Crippen molar-refractivity contribution in [2.45, 2.75) is 19.9 Å². The van der Waals surface area contributed by atoms with Crippen LogP contribution in [0, 0.1) is 5.82 Å². The predicted molar refractivity (Wildman–Crippen MR) is 94.3 cm³/mol. The van der Waals surface area contributed by atoms with Gasteiger partial charge in [0.2, 0.25) is 5.91 Å². The zero-order valence-electron chi connectivity index (χ0n) is 14.2. The highest BCUT2D eigenvalue weighted by molar-refractivity contribution is 5.94. The number of methoxy groups -OCH3 is 1. The first-order chi connectivity index (χ1) is 11.9. The van der Waals surface area contributed by atoms with Gasteiger partial charge >= 0.3 is 6.03 Å². The van der Waals surface area contributed by atoms with Crippen LogP contribution in [0.25, 0.3) is 0 Å². The maximum atomic E-state index is 13.0. The van der Waals surface area contributed by atoms with Crippen molar-refractivity contribution in [1.29, 1.82) is 0 Å². The van der Waals surface area contributed by atoms with Crippen molar-refractivity contribution in [3.63, 3.8) is 0 Å². The summed E-state index contributed by atoms with van der Waals surface area (Å²) in [6.45, 7) is 3.19. The zero-order chi connectivity index (χ0) is 18.4. The number of halogens is 1. The summed E-state index contributed by atoms with van der Waals surface area (Å²) in [5.74, 6) is -0.0934. The first-order valence-corrected chi connectivity index (χ1v) is 7.67. The van der Waals surface area contributed by atoms with Crippen LogP contribution in [-0.2, 0) is 4.79 Å². The van der Waals surface area contributed by atoms with Gasteiger partial charge in [-0.05, 0) is 42.8 Å². The van der Waals surface area contributed by atoms with E-state index in [-0.39, 0.29) is 17.8 Å². The normalized spacial score (nSPS) is 11.4. The minimum Gasteiger partial charge on any atom is -0.495 e. The van der Waals surface area contributed by atoms with Gasteiger partial charge in [0, 0.05) is 12.6 Å². The highest BCUT2D eigenvalue weighted by Gasteiger charge is 2.13. The summed E-state index contributed by atoms with van der Waals surface area (Å²) in [7, 11) is 1.48. The summed E-state index contributed by atoms with van der Waals surface area (Å²) in [5, 5.41) is 8.09. The summed E-state index contributed by atoms with van der Waals surface area (Å²) in [6, 6.07) is 10.0. The predicted octanol–water partition coefficient (Wildman–Crippen LogP) is 3.68. The molecule has 7 heteroatoms. The first-order valence-electron chi connectivity index (χ1n) is 7.67. The largest absolute Gasteiger partial charge is 0.495 e. The molecule has 0 aliphatic carbocycles. The molecule has 0 fully saturated rings. The van der Waals surface area contributed by atoms with Crippen LogP contribution in [0.4, 0.5) is 20.6 Å². The quantitative estimate of drug-likeness (QED) is 0.773. The monoisotopic (exact) mass is 345 g/mol. The van der Waals surface area contributed by atoms with E-state index in [2.05, 4.69) is 16.0 Å². The number of urea groups is 1. The molecule has 6 nitrogen and oxygen atoms in total. The van der Waals surface area contributed by atoms with Crippen LogP contribution in [-0.4, -0.2) is 19.0 Å². The van der Waals surface area contributed by atoms with Gasteiger partial charge in [0.15, 0.2) is 0 Å². The summed E-state index contributed by atoms with van der Waals surface area (Å²) >= 11 is 0. The fourth-order valence-electron chi connectivity index (χ4n) is 2.28. The van der Waals surface area contributed by atoms with Crippen LogP contribution in [0.2, 0.25) is 0 Å². The molecule has 132 valence electrons. The number of amides is 3. The fourth-order valence-corrected chi connectivity index (χ4v) is 2.28. The second-order valence-electron chi connectivity index (χ2n) is 5.47. The zero-order valence-corrected chi connectivity index (χ0v) is 14.2. The van der Waals surface area contributed by atoms with Crippen molar-refractivity contribution in [3.05, 3.63) is 53.8 Å². The Hall–Kier alpha value is -3.09. The van der Waals surface area contributed by atoms with Crippen molar-refractivity contribution < 1.29 is 18.7 Å². The van der Waals surface area contributed by atoms with Gasteiger partial charge in [0.25, 0.3) is 0 Å². The van der Waals surface area contributed by atoms with Crippen LogP contribution in [0.3, 0.4) is 0 Å². The van der Waals surface area contributed by atoms with Crippen LogP contribution in [0.5, 0.6) is 5.75 Å². The molecule has 0 heterocycles. The summed E-state index contributed by atoms with van der Waals surface area (Å²) < 4.78 is 18.2. The Morgan fingerprint density at radius 3 is 2.36 bits per heavy atom. The van der Waals surface area contributed by atoms with Gasteiger partial charge in [0.1, 0.15) is 11.6 Å². The average molecular weight is 345 g/mol. The van der Waals surface area contributed by atoms with E-state index >= 15 is 0 Å². The van der Waals surface area contributed by atoms with Gasteiger partial charge in [-0.2, -0.15) is 0 Å². The molecule has 2 aromatic rings. The first kappa shape index (κ1) is 18.3. The number of carbonyl (C=O) groups is 2. The van der Waals surface area contributed by atoms with E-state index < -0.39 is 6.03 Å². The molecule has 0 aromatic heterocycles. The third kappa shape index (κ3) is 5.20. The molecule has 25 heavy (non-hydrogen) atoms. The van der Waals surface area contributed by atoms with Gasteiger partial charge in [-0.15, -0.1) is 0 Å². The number of ether oxygens (including phenoxy) is 1. The van der Waals surface area contributed by atoms with Gasteiger partial charge < -0.3 is 20.7 Å². The number of anilines is 2. The number of benzene rings is 2. The smallest absolute Gasteiger partial charge is 0.319 e. The second kappa shape index (κ2) is 8.14. The van der Waals surface area contributed by atoms with E-state index in [1.165, 1.54) is 26.2 Å². The lowest BCUT2D eigenvalue weighted by Gasteiger charge is -2.17. The molecule has 0 saturated carbocycles. The Balaban J connectivity index is 2.08. The summed E-state index contributed by atoms with van der Waals surface area (Å²) in [5.41, 5.74) is 1.73. The van der Waals surface area contributed by atoms with Crippen LogP contribution >= 0.6 is 0 Å². The lowest BCUT2D eigenvalue weighted by atomic mass is 10.1. The third-order valence-corrected chi connectivity index (χ3v) is 3.49. The Morgan fingerprint density at radius 2 is 1.76 bits per heavy atom. The molecule has 1 atom stereocenters. The van der Waals surface area contributed by atoms with Crippen molar-refractivity contribution >= 4 is 23.3 Å². The molecule has 3 amide bonds. The van der Waals surface area contributed by atoms with E-state index in [0.29, 0.717) is 17.1 Å².